The van der Waals surface area contributed by atoms with Crippen LogP contribution in [0.2, 0.25) is 0 Å². The van der Waals surface area contributed by atoms with E-state index in [1.165, 1.54) is 38.7 Å². The number of halogens is 3. The van der Waals surface area contributed by atoms with Crippen molar-refractivity contribution in [1.29, 1.82) is 0 Å². The molecule has 0 fully saturated rings. The van der Waals surface area contributed by atoms with Gasteiger partial charge in [-0.3, -0.25) is 4.79 Å². The molecule has 0 bridgehead atoms. The molecular weight excluding hydrogens is 457 g/mol. The van der Waals surface area contributed by atoms with Crippen molar-refractivity contribution in [2.45, 2.75) is 25.4 Å². The molecule has 6 nitrogen and oxygen atoms in total. The predicted molar refractivity (Wildman–Crippen MR) is 119 cm³/mol. The summed E-state index contributed by atoms with van der Waals surface area (Å²) in [7, 11) is 4.56. The highest BCUT2D eigenvalue weighted by atomic mass is 32.1. The Balaban J connectivity index is 1.59. The number of amides is 1. The number of rotatable bonds is 9. The molecule has 2 aromatic carbocycles. The minimum Gasteiger partial charge on any atom is -0.493 e. The molecule has 0 spiro atoms. The van der Waals surface area contributed by atoms with Crippen molar-refractivity contribution < 1.29 is 32.2 Å². The topological polar surface area (TPSA) is 69.7 Å². The van der Waals surface area contributed by atoms with Crippen molar-refractivity contribution >= 4 is 22.4 Å². The lowest BCUT2D eigenvalue weighted by Gasteiger charge is -2.14. The van der Waals surface area contributed by atoms with E-state index < -0.39 is 11.7 Å². The molecule has 0 aliphatic heterocycles. The predicted octanol–water partition coefficient (Wildman–Crippen LogP) is 5.35. The molecule has 0 radical (unpaired) electrons. The molecule has 0 aliphatic rings. The number of alkyl halides is 3. The zero-order valence-corrected chi connectivity index (χ0v) is 19.1. The third-order valence-corrected chi connectivity index (χ3v) is 5.71. The first-order valence-corrected chi connectivity index (χ1v) is 10.7. The summed E-state index contributed by atoms with van der Waals surface area (Å²) in [4.78, 5) is 17.3. The molecule has 0 atom stereocenters. The first-order valence-electron chi connectivity index (χ1n) is 9.93. The Bertz CT molecular complexity index is 1090. The molecular formula is C23H23F3N2O4S. The lowest BCUT2D eigenvalue weighted by Crippen LogP contribution is -2.12. The van der Waals surface area contributed by atoms with Crippen molar-refractivity contribution in [2.24, 2.45) is 0 Å². The van der Waals surface area contributed by atoms with Crippen LogP contribution >= 0.6 is 11.3 Å². The zero-order valence-electron chi connectivity index (χ0n) is 18.3. The fraction of sp³-hybridized carbons (Fsp3) is 0.304. The largest absolute Gasteiger partial charge is 0.493 e. The van der Waals surface area contributed by atoms with Gasteiger partial charge in [0.15, 0.2) is 16.6 Å². The fourth-order valence-electron chi connectivity index (χ4n) is 3.23. The Morgan fingerprint density at radius 1 is 1.03 bits per heavy atom. The van der Waals surface area contributed by atoms with E-state index in [0.717, 1.165) is 22.6 Å². The van der Waals surface area contributed by atoms with E-state index in [2.05, 4.69) is 10.3 Å². The Morgan fingerprint density at radius 2 is 1.73 bits per heavy atom. The lowest BCUT2D eigenvalue weighted by molar-refractivity contribution is -0.137. The fourth-order valence-corrected chi connectivity index (χ4v) is 4.09. The Hall–Kier alpha value is -3.27. The number of anilines is 1. The number of nitrogens with zero attached hydrogens (tertiary/aromatic N) is 1. The monoisotopic (exact) mass is 480 g/mol. The van der Waals surface area contributed by atoms with E-state index >= 15 is 0 Å². The summed E-state index contributed by atoms with van der Waals surface area (Å²) in [5.74, 6) is 1.26. The molecule has 33 heavy (non-hydrogen) atoms. The van der Waals surface area contributed by atoms with Crippen LogP contribution in [-0.2, 0) is 23.8 Å². The first kappa shape index (κ1) is 24.4. The van der Waals surface area contributed by atoms with Crippen LogP contribution in [-0.4, -0.2) is 32.2 Å². The smallest absolute Gasteiger partial charge is 0.416 e. The van der Waals surface area contributed by atoms with Gasteiger partial charge in [-0.15, -0.1) is 11.3 Å². The van der Waals surface area contributed by atoms with E-state index in [1.54, 1.807) is 24.4 Å². The number of aryl methyl sites for hydroxylation is 1. The number of hydrogen-bond donors (Lipinski definition) is 1. The Labute approximate surface area is 193 Å². The van der Waals surface area contributed by atoms with Crippen LogP contribution < -0.4 is 19.5 Å². The van der Waals surface area contributed by atoms with Gasteiger partial charge >= 0.3 is 6.18 Å². The van der Waals surface area contributed by atoms with Crippen LogP contribution in [0.5, 0.6) is 17.2 Å². The van der Waals surface area contributed by atoms with Crippen LogP contribution in [0.4, 0.5) is 18.3 Å². The second-order valence-corrected chi connectivity index (χ2v) is 8.20. The van der Waals surface area contributed by atoms with Gasteiger partial charge < -0.3 is 19.5 Å². The van der Waals surface area contributed by atoms with Crippen LogP contribution in [0, 0.1) is 0 Å². The number of thiazole rings is 1. The maximum atomic E-state index is 12.9. The minimum atomic E-state index is -4.39. The third-order valence-electron chi connectivity index (χ3n) is 4.80. The summed E-state index contributed by atoms with van der Waals surface area (Å²) in [6.45, 7) is 0. The van der Waals surface area contributed by atoms with Crippen LogP contribution in [0.25, 0.3) is 0 Å². The second kappa shape index (κ2) is 10.6. The number of hydrogen-bond acceptors (Lipinski definition) is 6. The van der Waals surface area contributed by atoms with Crippen LogP contribution in [0.15, 0.2) is 42.6 Å². The number of nitrogens with one attached hydrogen (secondary N) is 1. The molecule has 1 heterocycles. The first-order chi connectivity index (χ1) is 15.7. The standard InChI is InChI=1S/C23H23F3N2O4S/c1-30-18-11-15(12-19(31-2)21(18)32-3)7-8-20(29)28-22-27-13-17(33-22)10-14-5-4-6-16(9-14)23(24,25)26/h4-6,9,11-13H,7-8,10H2,1-3H3,(H,27,28,29). The minimum absolute atomic E-state index is 0.196. The van der Waals surface area contributed by atoms with Gasteiger partial charge in [0.2, 0.25) is 11.7 Å². The summed E-state index contributed by atoms with van der Waals surface area (Å²) in [6.07, 6.45) is -1.91. The lowest BCUT2D eigenvalue weighted by atomic mass is 10.1. The van der Waals surface area contributed by atoms with Crippen molar-refractivity contribution in [3.63, 3.8) is 0 Å². The second-order valence-electron chi connectivity index (χ2n) is 7.09. The molecule has 3 aromatic rings. The number of carbonyl (C=O) groups is 1. The summed E-state index contributed by atoms with van der Waals surface area (Å²) in [5, 5.41) is 3.13. The zero-order chi connectivity index (χ0) is 24.0. The van der Waals surface area contributed by atoms with Gasteiger partial charge in [-0.1, -0.05) is 18.2 Å². The van der Waals surface area contributed by atoms with E-state index in [0.29, 0.717) is 40.8 Å². The van der Waals surface area contributed by atoms with Crippen molar-refractivity contribution in [1.82, 2.24) is 4.98 Å². The van der Waals surface area contributed by atoms with Crippen molar-refractivity contribution in [3.8, 4) is 17.2 Å². The van der Waals surface area contributed by atoms with E-state index in [9.17, 15) is 18.0 Å². The average molecular weight is 481 g/mol. The molecule has 0 unspecified atom stereocenters. The average Bonchev–Trinajstić information content (AvgIpc) is 3.22. The van der Waals surface area contributed by atoms with E-state index in [4.69, 9.17) is 14.2 Å². The molecule has 3 rings (SSSR count). The third kappa shape index (κ3) is 6.38. The molecule has 176 valence electrons. The molecule has 0 aliphatic carbocycles. The van der Waals surface area contributed by atoms with Gasteiger partial charge in [-0.05, 0) is 35.7 Å². The Morgan fingerprint density at radius 3 is 2.33 bits per heavy atom. The molecule has 10 heteroatoms. The number of carbonyl (C=O) groups excluding carboxylic acids is 1. The molecule has 0 saturated heterocycles. The summed E-state index contributed by atoms with van der Waals surface area (Å²) < 4.78 is 54.6. The SMILES string of the molecule is COc1cc(CCC(=O)Nc2ncc(Cc3cccc(C(F)(F)F)c3)s2)cc(OC)c1OC. The normalized spacial score (nSPS) is 11.2. The molecule has 1 amide bonds. The van der Waals surface area contributed by atoms with E-state index in [1.807, 2.05) is 0 Å². The molecule has 0 saturated carbocycles. The highest BCUT2D eigenvalue weighted by Crippen LogP contribution is 2.38. The van der Waals surface area contributed by atoms with Crippen LogP contribution in [0.3, 0.4) is 0 Å². The van der Waals surface area contributed by atoms with E-state index in [-0.39, 0.29) is 12.3 Å². The van der Waals surface area contributed by atoms with Gasteiger partial charge in [-0.25, -0.2) is 4.98 Å². The van der Waals surface area contributed by atoms with Gasteiger partial charge in [0.25, 0.3) is 0 Å². The highest BCUT2D eigenvalue weighted by molar-refractivity contribution is 7.15. The van der Waals surface area contributed by atoms with Gasteiger partial charge in [0.1, 0.15) is 0 Å². The maximum Gasteiger partial charge on any atom is 0.416 e. The van der Waals surface area contributed by atoms with Gasteiger partial charge in [0.05, 0.1) is 26.9 Å². The summed E-state index contributed by atoms with van der Waals surface area (Å²) in [6, 6.07) is 8.73. The van der Waals surface area contributed by atoms with Crippen LogP contribution in [0.1, 0.15) is 28.0 Å². The highest BCUT2D eigenvalue weighted by Gasteiger charge is 2.30. The number of ether oxygens (including phenoxy) is 3. The quantitative estimate of drug-likeness (QED) is 0.447. The Kier molecular flexibility index (Phi) is 7.80. The van der Waals surface area contributed by atoms with Gasteiger partial charge in [0, 0.05) is 23.9 Å². The van der Waals surface area contributed by atoms with Gasteiger partial charge in [-0.2, -0.15) is 13.2 Å². The number of methoxy groups -OCH3 is 3. The maximum absolute atomic E-state index is 12.9. The number of aromatic nitrogens is 1. The molecule has 1 N–H and O–H groups in total. The summed E-state index contributed by atoms with van der Waals surface area (Å²) in [5.41, 5.74) is 0.669. The van der Waals surface area contributed by atoms with Crippen molar-refractivity contribution in [3.05, 3.63) is 64.2 Å². The number of benzene rings is 2. The van der Waals surface area contributed by atoms with Crippen molar-refractivity contribution in [2.75, 3.05) is 26.6 Å². The molecule has 1 aromatic heterocycles. The summed E-state index contributed by atoms with van der Waals surface area (Å²) >= 11 is 1.23.